The van der Waals surface area contributed by atoms with Crippen molar-refractivity contribution in [2.24, 2.45) is 5.92 Å². The van der Waals surface area contributed by atoms with Crippen LogP contribution in [0.25, 0.3) is 0 Å². The van der Waals surface area contributed by atoms with E-state index in [1.54, 1.807) is 36.4 Å². The van der Waals surface area contributed by atoms with Crippen molar-refractivity contribution in [2.45, 2.75) is 31.7 Å². The first-order valence-electron chi connectivity index (χ1n) is 8.79. The van der Waals surface area contributed by atoms with Crippen molar-refractivity contribution in [1.29, 1.82) is 0 Å². The molecule has 0 atom stereocenters. The van der Waals surface area contributed by atoms with Gasteiger partial charge in [0.05, 0.1) is 5.56 Å². The van der Waals surface area contributed by atoms with Gasteiger partial charge in [0, 0.05) is 23.8 Å². The summed E-state index contributed by atoms with van der Waals surface area (Å²) in [4.78, 5) is 25.4. The van der Waals surface area contributed by atoms with Gasteiger partial charge in [-0.05, 0) is 37.7 Å². The fourth-order valence-electron chi connectivity index (χ4n) is 3.38. The second-order valence-electron chi connectivity index (χ2n) is 6.61. The maximum atomic E-state index is 12.7. The maximum Gasteiger partial charge on any atom is 0.252 e. The molecule has 0 heterocycles. The predicted octanol–water partition coefficient (Wildman–Crippen LogP) is 3.20. The van der Waals surface area contributed by atoms with E-state index in [1.165, 1.54) is 0 Å². The normalized spacial score (nSPS) is 20.0. The molecule has 3 rings (SSSR count). The largest absolute Gasteiger partial charge is 0.396 e. The summed E-state index contributed by atoms with van der Waals surface area (Å²) in [6.07, 6.45) is 3.58. The number of hydrogen-bond donors (Lipinski definition) is 2. The van der Waals surface area contributed by atoms with Crippen molar-refractivity contribution in [3.8, 4) is 0 Å². The molecule has 1 amide bonds. The Hall–Kier alpha value is -2.46. The molecule has 0 aromatic heterocycles. The quantitative estimate of drug-likeness (QED) is 0.824. The van der Waals surface area contributed by atoms with Crippen LogP contribution in [0, 0.1) is 5.92 Å². The van der Waals surface area contributed by atoms with E-state index in [4.69, 9.17) is 0 Å². The van der Waals surface area contributed by atoms with E-state index >= 15 is 0 Å². The van der Waals surface area contributed by atoms with Gasteiger partial charge in [-0.2, -0.15) is 0 Å². The first-order chi connectivity index (χ1) is 12.2. The van der Waals surface area contributed by atoms with E-state index in [1.807, 2.05) is 18.2 Å². The molecule has 4 heteroatoms. The summed E-state index contributed by atoms with van der Waals surface area (Å²) in [6, 6.07) is 16.1. The molecule has 25 heavy (non-hydrogen) atoms. The summed E-state index contributed by atoms with van der Waals surface area (Å²) in [5.41, 5.74) is 1.42. The molecule has 0 saturated heterocycles. The fraction of sp³-hybridized carbons (Fsp3) is 0.333. The number of hydrogen-bond acceptors (Lipinski definition) is 3. The highest BCUT2D eigenvalue weighted by atomic mass is 16.3. The SMILES string of the molecule is O=C(NC1CCC(CO)CC1)c1ccccc1C(=O)c1ccccc1. The number of amides is 1. The maximum absolute atomic E-state index is 12.7. The zero-order chi connectivity index (χ0) is 17.6. The third-order valence-corrected chi connectivity index (χ3v) is 4.89. The van der Waals surface area contributed by atoms with Crippen molar-refractivity contribution < 1.29 is 14.7 Å². The molecule has 0 spiro atoms. The minimum absolute atomic E-state index is 0.107. The molecule has 1 saturated carbocycles. The van der Waals surface area contributed by atoms with Gasteiger partial charge in [-0.25, -0.2) is 0 Å². The molecule has 1 aliphatic rings. The number of carbonyl (C=O) groups excluding carboxylic acids is 2. The van der Waals surface area contributed by atoms with Crippen molar-refractivity contribution in [2.75, 3.05) is 6.61 Å². The molecule has 0 radical (unpaired) electrons. The van der Waals surface area contributed by atoms with Crippen molar-refractivity contribution >= 4 is 11.7 Å². The van der Waals surface area contributed by atoms with E-state index in [2.05, 4.69) is 5.32 Å². The molecule has 0 unspecified atom stereocenters. The number of aliphatic hydroxyl groups is 1. The summed E-state index contributed by atoms with van der Waals surface area (Å²) < 4.78 is 0. The number of ketones is 1. The van der Waals surface area contributed by atoms with E-state index in [0.717, 1.165) is 25.7 Å². The first-order valence-corrected chi connectivity index (χ1v) is 8.79. The van der Waals surface area contributed by atoms with Crippen LogP contribution in [0.1, 0.15) is 52.0 Å². The van der Waals surface area contributed by atoms with Crippen LogP contribution in [0.15, 0.2) is 54.6 Å². The van der Waals surface area contributed by atoms with Crippen LogP contribution >= 0.6 is 0 Å². The second-order valence-corrected chi connectivity index (χ2v) is 6.61. The fourth-order valence-corrected chi connectivity index (χ4v) is 3.38. The lowest BCUT2D eigenvalue weighted by Gasteiger charge is -2.28. The molecule has 0 aliphatic heterocycles. The molecule has 2 N–H and O–H groups in total. The Morgan fingerprint density at radius 2 is 1.48 bits per heavy atom. The van der Waals surface area contributed by atoms with E-state index in [9.17, 15) is 14.7 Å². The van der Waals surface area contributed by atoms with Crippen LogP contribution in [0.2, 0.25) is 0 Å². The number of nitrogens with one attached hydrogen (secondary N) is 1. The van der Waals surface area contributed by atoms with Crippen molar-refractivity contribution in [3.05, 3.63) is 71.3 Å². The zero-order valence-corrected chi connectivity index (χ0v) is 14.2. The third-order valence-electron chi connectivity index (χ3n) is 4.89. The topological polar surface area (TPSA) is 66.4 Å². The average molecular weight is 337 g/mol. The Morgan fingerprint density at radius 3 is 2.12 bits per heavy atom. The molecular weight excluding hydrogens is 314 g/mol. The summed E-state index contributed by atoms with van der Waals surface area (Å²) in [7, 11) is 0. The molecule has 1 fully saturated rings. The molecule has 2 aromatic carbocycles. The summed E-state index contributed by atoms with van der Waals surface area (Å²) in [6.45, 7) is 0.217. The van der Waals surface area contributed by atoms with Crippen LogP contribution in [0.5, 0.6) is 0 Å². The average Bonchev–Trinajstić information content (AvgIpc) is 2.68. The van der Waals surface area contributed by atoms with E-state index in [-0.39, 0.29) is 24.3 Å². The molecule has 130 valence electrons. The monoisotopic (exact) mass is 337 g/mol. The Bertz CT molecular complexity index is 734. The summed E-state index contributed by atoms with van der Waals surface area (Å²) in [5.74, 6) is 0.00256. The number of rotatable bonds is 5. The lowest BCUT2D eigenvalue weighted by atomic mass is 9.86. The molecular formula is C21H23NO3. The predicted molar refractivity (Wildman–Crippen MR) is 96.6 cm³/mol. The van der Waals surface area contributed by atoms with Crippen molar-refractivity contribution in [1.82, 2.24) is 5.32 Å². The highest BCUT2D eigenvalue weighted by Gasteiger charge is 2.24. The van der Waals surface area contributed by atoms with Gasteiger partial charge >= 0.3 is 0 Å². The highest BCUT2D eigenvalue weighted by molar-refractivity contribution is 6.15. The smallest absolute Gasteiger partial charge is 0.252 e. The zero-order valence-electron chi connectivity index (χ0n) is 14.2. The highest BCUT2D eigenvalue weighted by Crippen LogP contribution is 2.24. The minimum Gasteiger partial charge on any atom is -0.396 e. The van der Waals surface area contributed by atoms with Gasteiger partial charge < -0.3 is 10.4 Å². The van der Waals surface area contributed by atoms with E-state index < -0.39 is 0 Å². The molecule has 2 aromatic rings. The lowest BCUT2D eigenvalue weighted by Crippen LogP contribution is -2.38. The standard InChI is InChI=1S/C21H23NO3/c23-14-15-10-12-17(13-11-15)22-21(25)19-9-5-4-8-18(19)20(24)16-6-2-1-3-7-16/h1-9,15,17,23H,10-14H2,(H,22,25). The Kier molecular flexibility index (Phi) is 5.61. The lowest BCUT2D eigenvalue weighted by molar-refractivity contribution is 0.0905. The number of benzene rings is 2. The van der Waals surface area contributed by atoms with Gasteiger partial charge in [0.25, 0.3) is 5.91 Å². The van der Waals surface area contributed by atoms with Crippen LogP contribution in [-0.2, 0) is 0 Å². The summed E-state index contributed by atoms with van der Waals surface area (Å²) >= 11 is 0. The molecule has 1 aliphatic carbocycles. The Labute approximate surface area is 147 Å². The van der Waals surface area contributed by atoms with Gasteiger partial charge in [-0.3, -0.25) is 9.59 Å². The van der Waals surface area contributed by atoms with Gasteiger partial charge in [-0.1, -0.05) is 48.5 Å². The van der Waals surface area contributed by atoms with Gasteiger partial charge in [0.15, 0.2) is 5.78 Å². The van der Waals surface area contributed by atoms with Crippen LogP contribution in [0.4, 0.5) is 0 Å². The number of carbonyl (C=O) groups is 2. The second kappa shape index (κ2) is 8.08. The molecule has 4 nitrogen and oxygen atoms in total. The van der Waals surface area contributed by atoms with Gasteiger partial charge in [0.2, 0.25) is 0 Å². The van der Waals surface area contributed by atoms with Gasteiger partial charge in [0.1, 0.15) is 0 Å². The Morgan fingerprint density at radius 1 is 0.880 bits per heavy atom. The minimum atomic E-state index is -0.202. The number of aliphatic hydroxyl groups excluding tert-OH is 1. The molecule has 0 bridgehead atoms. The van der Waals surface area contributed by atoms with Crippen molar-refractivity contribution in [3.63, 3.8) is 0 Å². The van der Waals surface area contributed by atoms with Gasteiger partial charge in [-0.15, -0.1) is 0 Å². The van der Waals surface area contributed by atoms with E-state index in [0.29, 0.717) is 22.6 Å². The Balaban J connectivity index is 1.74. The third kappa shape index (κ3) is 4.15. The summed E-state index contributed by atoms with van der Waals surface area (Å²) in [5, 5.41) is 12.3. The first kappa shape index (κ1) is 17.4. The van der Waals surface area contributed by atoms with Crippen LogP contribution in [-0.4, -0.2) is 29.4 Å². The van der Waals surface area contributed by atoms with Crippen LogP contribution < -0.4 is 5.32 Å². The van der Waals surface area contributed by atoms with Crippen LogP contribution in [0.3, 0.4) is 0 Å².